The highest BCUT2D eigenvalue weighted by Gasteiger charge is 2.33. The quantitative estimate of drug-likeness (QED) is 0.806. The van der Waals surface area contributed by atoms with Crippen molar-refractivity contribution >= 4 is 27.3 Å². The second-order valence-electron chi connectivity index (χ2n) is 6.08. The summed E-state index contributed by atoms with van der Waals surface area (Å²) in [5.74, 6) is -0.252. The van der Waals surface area contributed by atoms with Gasteiger partial charge in [-0.15, -0.1) is 11.3 Å². The Kier molecular flexibility index (Phi) is 3.47. The molecule has 0 saturated carbocycles. The van der Waals surface area contributed by atoms with Gasteiger partial charge in [-0.1, -0.05) is 19.9 Å². The van der Waals surface area contributed by atoms with E-state index in [1.54, 1.807) is 6.07 Å². The van der Waals surface area contributed by atoms with Gasteiger partial charge in [-0.2, -0.15) is 0 Å². The third kappa shape index (κ3) is 2.43. The molecule has 106 valence electrons. The van der Waals surface area contributed by atoms with E-state index >= 15 is 0 Å². The minimum Gasteiger partial charge on any atom is -0.323 e. The minimum atomic E-state index is -0.252. The van der Waals surface area contributed by atoms with E-state index in [1.165, 1.54) is 17.4 Å². The predicted molar refractivity (Wildman–Crippen MR) is 84.2 cm³/mol. The molecular formula is C15H16BrFN2S. The molecule has 1 unspecified atom stereocenters. The van der Waals surface area contributed by atoms with Crippen LogP contribution in [0.1, 0.15) is 36.9 Å². The Morgan fingerprint density at radius 3 is 2.90 bits per heavy atom. The number of hydrogen-bond acceptors (Lipinski definition) is 3. The van der Waals surface area contributed by atoms with Crippen LogP contribution in [0.2, 0.25) is 0 Å². The maximum atomic E-state index is 14.1. The predicted octanol–water partition coefficient (Wildman–Crippen LogP) is 4.68. The molecule has 1 aliphatic rings. The van der Waals surface area contributed by atoms with Gasteiger partial charge in [0.1, 0.15) is 10.8 Å². The van der Waals surface area contributed by atoms with Crippen LogP contribution in [0, 0.1) is 11.2 Å². The average molecular weight is 355 g/mol. The van der Waals surface area contributed by atoms with Gasteiger partial charge in [-0.3, -0.25) is 0 Å². The molecule has 1 aromatic carbocycles. The standard InChI is InChI=1S/C15H16BrFN2S/c1-15(2)6-10(18)13-11(7-15)19-14(20-13)12-8(16)4-3-5-9(12)17/h3-5,10H,6-7,18H2,1-2H3. The number of aromatic nitrogens is 1. The zero-order valence-corrected chi connectivity index (χ0v) is 13.8. The average Bonchev–Trinajstić information content (AvgIpc) is 2.70. The van der Waals surface area contributed by atoms with E-state index < -0.39 is 0 Å². The Morgan fingerprint density at radius 1 is 1.45 bits per heavy atom. The second kappa shape index (κ2) is 4.90. The van der Waals surface area contributed by atoms with Crippen LogP contribution >= 0.6 is 27.3 Å². The summed E-state index contributed by atoms with van der Waals surface area (Å²) in [5.41, 5.74) is 7.98. The molecule has 0 saturated heterocycles. The molecule has 0 bridgehead atoms. The van der Waals surface area contributed by atoms with Crippen molar-refractivity contribution < 1.29 is 4.39 Å². The van der Waals surface area contributed by atoms with Crippen molar-refractivity contribution in [2.75, 3.05) is 0 Å². The van der Waals surface area contributed by atoms with Gasteiger partial charge < -0.3 is 5.73 Å². The van der Waals surface area contributed by atoms with Crippen molar-refractivity contribution in [2.24, 2.45) is 11.1 Å². The summed E-state index contributed by atoms with van der Waals surface area (Å²) >= 11 is 4.93. The van der Waals surface area contributed by atoms with E-state index in [1.807, 2.05) is 6.07 Å². The van der Waals surface area contributed by atoms with Gasteiger partial charge >= 0.3 is 0 Å². The highest BCUT2D eigenvalue weighted by Crippen LogP contribution is 2.45. The van der Waals surface area contributed by atoms with E-state index in [9.17, 15) is 4.39 Å². The molecule has 1 aliphatic carbocycles. The first kappa shape index (κ1) is 14.2. The summed E-state index contributed by atoms with van der Waals surface area (Å²) in [4.78, 5) is 5.76. The molecule has 0 amide bonds. The maximum Gasteiger partial charge on any atom is 0.134 e. The summed E-state index contributed by atoms with van der Waals surface area (Å²) in [6, 6.07) is 4.99. The number of nitrogens with zero attached hydrogens (tertiary/aromatic N) is 1. The lowest BCUT2D eigenvalue weighted by Gasteiger charge is -2.32. The van der Waals surface area contributed by atoms with Crippen molar-refractivity contribution in [3.8, 4) is 10.6 Å². The van der Waals surface area contributed by atoms with Gasteiger partial charge in [-0.25, -0.2) is 9.37 Å². The molecule has 1 aromatic heterocycles. The Balaban J connectivity index is 2.11. The summed E-state index contributed by atoms with van der Waals surface area (Å²) in [5, 5.41) is 0.716. The largest absolute Gasteiger partial charge is 0.323 e. The summed E-state index contributed by atoms with van der Waals surface area (Å²) in [7, 11) is 0. The number of rotatable bonds is 1. The van der Waals surface area contributed by atoms with Crippen LogP contribution in [-0.4, -0.2) is 4.98 Å². The molecule has 1 heterocycles. The molecule has 0 radical (unpaired) electrons. The lowest BCUT2D eigenvalue weighted by molar-refractivity contribution is 0.282. The third-order valence-corrected chi connectivity index (χ3v) is 5.57. The van der Waals surface area contributed by atoms with Crippen molar-refractivity contribution in [3.63, 3.8) is 0 Å². The summed E-state index contributed by atoms with van der Waals surface area (Å²) < 4.78 is 14.8. The topological polar surface area (TPSA) is 38.9 Å². The molecule has 20 heavy (non-hydrogen) atoms. The molecule has 1 atom stereocenters. The van der Waals surface area contributed by atoms with Crippen LogP contribution in [-0.2, 0) is 6.42 Å². The van der Waals surface area contributed by atoms with Crippen molar-refractivity contribution in [3.05, 3.63) is 39.1 Å². The Bertz CT molecular complexity index is 646. The number of nitrogens with two attached hydrogens (primary N) is 1. The van der Waals surface area contributed by atoms with Crippen molar-refractivity contribution in [1.29, 1.82) is 0 Å². The first-order chi connectivity index (χ1) is 9.37. The van der Waals surface area contributed by atoms with Crippen LogP contribution in [0.25, 0.3) is 10.6 Å². The fourth-order valence-corrected chi connectivity index (χ4v) is 4.61. The molecule has 0 fully saturated rings. The van der Waals surface area contributed by atoms with Gasteiger partial charge in [-0.05, 0) is 46.3 Å². The smallest absolute Gasteiger partial charge is 0.134 e. The molecule has 0 spiro atoms. The van der Waals surface area contributed by atoms with E-state index in [0.717, 1.165) is 27.9 Å². The monoisotopic (exact) mass is 354 g/mol. The zero-order valence-electron chi connectivity index (χ0n) is 11.4. The lowest BCUT2D eigenvalue weighted by Crippen LogP contribution is -2.28. The Hall–Kier alpha value is -0.780. The minimum absolute atomic E-state index is 0.00514. The van der Waals surface area contributed by atoms with Gasteiger partial charge in [0.25, 0.3) is 0 Å². The van der Waals surface area contributed by atoms with Gasteiger partial charge in [0.05, 0.1) is 11.3 Å². The SMILES string of the molecule is CC1(C)Cc2nc(-c3c(F)cccc3Br)sc2C(N)C1. The van der Waals surface area contributed by atoms with E-state index in [2.05, 4.69) is 34.8 Å². The maximum absolute atomic E-state index is 14.1. The van der Waals surface area contributed by atoms with Crippen LogP contribution in [0.3, 0.4) is 0 Å². The molecule has 3 rings (SSSR count). The van der Waals surface area contributed by atoms with Gasteiger partial charge in [0, 0.05) is 15.4 Å². The molecule has 5 heteroatoms. The lowest BCUT2D eigenvalue weighted by atomic mass is 9.77. The van der Waals surface area contributed by atoms with Crippen LogP contribution in [0.5, 0.6) is 0 Å². The first-order valence-electron chi connectivity index (χ1n) is 6.57. The van der Waals surface area contributed by atoms with Crippen LogP contribution < -0.4 is 5.73 Å². The number of halogens is 2. The van der Waals surface area contributed by atoms with Crippen LogP contribution in [0.15, 0.2) is 22.7 Å². The fraction of sp³-hybridized carbons (Fsp3) is 0.400. The molecule has 0 aliphatic heterocycles. The normalized spacial score (nSPS) is 20.8. The molecule has 2 nitrogen and oxygen atoms in total. The molecule has 2 N–H and O–H groups in total. The number of fused-ring (bicyclic) bond motifs is 1. The van der Waals surface area contributed by atoms with Gasteiger partial charge in [0.15, 0.2) is 0 Å². The number of benzene rings is 1. The molecule has 2 aromatic rings. The fourth-order valence-electron chi connectivity index (χ4n) is 2.80. The zero-order chi connectivity index (χ0) is 14.5. The highest BCUT2D eigenvalue weighted by atomic mass is 79.9. The third-order valence-electron chi connectivity index (χ3n) is 3.66. The van der Waals surface area contributed by atoms with Crippen LogP contribution in [0.4, 0.5) is 4.39 Å². The van der Waals surface area contributed by atoms with E-state index in [-0.39, 0.29) is 17.3 Å². The Morgan fingerprint density at radius 2 is 2.20 bits per heavy atom. The number of thiazole rings is 1. The molecular weight excluding hydrogens is 339 g/mol. The highest BCUT2D eigenvalue weighted by molar-refractivity contribution is 9.10. The van der Waals surface area contributed by atoms with E-state index in [0.29, 0.717) is 10.6 Å². The summed E-state index contributed by atoms with van der Waals surface area (Å²) in [6.45, 7) is 4.40. The second-order valence-corrected chi connectivity index (χ2v) is 7.96. The first-order valence-corrected chi connectivity index (χ1v) is 8.18. The Labute approximate surface area is 130 Å². The van der Waals surface area contributed by atoms with Crippen molar-refractivity contribution in [1.82, 2.24) is 4.98 Å². The van der Waals surface area contributed by atoms with Crippen molar-refractivity contribution in [2.45, 2.75) is 32.7 Å². The van der Waals surface area contributed by atoms with Gasteiger partial charge in [0.2, 0.25) is 0 Å². The number of hydrogen-bond donors (Lipinski definition) is 1. The summed E-state index contributed by atoms with van der Waals surface area (Å²) in [6.07, 6.45) is 1.85. The van der Waals surface area contributed by atoms with E-state index in [4.69, 9.17) is 5.73 Å².